The molecule has 0 unspecified atom stereocenters. The smallest absolute Gasteiger partial charge is 0.126 e. The first kappa shape index (κ1) is 27.3. The molecule has 0 fully saturated rings. The number of rotatable bonds is 5. The van der Waals surface area contributed by atoms with E-state index in [0.29, 0.717) is 0 Å². The van der Waals surface area contributed by atoms with Crippen LogP contribution in [0.25, 0.3) is 65.0 Å². The van der Waals surface area contributed by atoms with Gasteiger partial charge in [-0.2, -0.15) is 0 Å². The molecule has 10 rings (SSSR count). The molecular formula is C46H33NO. The van der Waals surface area contributed by atoms with Gasteiger partial charge in [-0.05, 0) is 90.8 Å². The highest BCUT2D eigenvalue weighted by atomic mass is 16.5. The maximum Gasteiger partial charge on any atom is 0.126 e. The second-order valence-electron chi connectivity index (χ2n) is 13.7. The molecule has 0 saturated carbocycles. The minimum atomic E-state index is -0.124. The summed E-state index contributed by atoms with van der Waals surface area (Å²) in [6.07, 6.45) is 0. The van der Waals surface area contributed by atoms with Crippen LogP contribution in [0.3, 0.4) is 0 Å². The lowest BCUT2D eigenvalue weighted by atomic mass is 9.81. The van der Waals surface area contributed by atoms with Gasteiger partial charge < -0.3 is 9.64 Å². The van der Waals surface area contributed by atoms with Gasteiger partial charge in [-0.15, -0.1) is 0 Å². The van der Waals surface area contributed by atoms with Crippen LogP contribution < -0.4 is 9.64 Å². The second kappa shape index (κ2) is 9.82. The zero-order valence-electron chi connectivity index (χ0n) is 27.2. The molecule has 0 heterocycles. The quantitative estimate of drug-likeness (QED) is 0.179. The van der Waals surface area contributed by atoms with Crippen LogP contribution in [0, 0.1) is 0 Å². The van der Waals surface area contributed by atoms with E-state index in [0.717, 1.165) is 28.2 Å². The summed E-state index contributed by atoms with van der Waals surface area (Å²) in [6.45, 7) is 4.76. The average Bonchev–Trinajstić information content (AvgIpc) is 3.37. The normalized spacial score (nSPS) is 13.5. The summed E-state index contributed by atoms with van der Waals surface area (Å²) in [4.78, 5) is 2.50. The molecule has 2 nitrogen and oxygen atoms in total. The number of ether oxygens (including phenoxy) is 1. The lowest BCUT2D eigenvalue weighted by molar-refractivity contribution is 0.420. The van der Waals surface area contributed by atoms with Gasteiger partial charge in [0.1, 0.15) is 5.75 Å². The van der Waals surface area contributed by atoms with Gasteiger partial charge in [0.2, 0.25) is 0 Å². The average molecular weight is 616 g/mol. The highest BCUT2D eigenvalue weighted by molar-refractivity contribution is 6.27. The molecule has 0 spiro atoms. The standard InChI is InChI=1S/C46H33NO/c1-46(2)37-14-9-12-29-16-17-32-26-33(27-38(46)45(32)44(29)37)47(39-15-8-7-13-34(39)28-10-5-4-6-11-28)40-24-20-30-19-23-36-41(48-3)25-21-31-18-22-35(40)42(30)43(31)36/h4-27H,1-3H3. The molecule has 9 aromatic rings. The minimum absolute atomic E-state index is 0.124. The largest absolute Gasteiger partial charge is 0.496 e. The first-order valence-corrected chi connectivity index (χ1v) is 16.7. The van der Waals surface area contributed by atoms with Gasteiger partial charge in [0, 0.05) is 32.8 Å². The number of hydrogen-bond donors (Lipinski definition) is 0. The third-order valence-electron chi connectivity index (χ3n) is 10.8. The Hall–Kier alpha value is -5.86. The highest BCUT2D eigenvalue weighted by Gasteiger charge is 2.35. The van der Waals surface area contributed by atoms with E-state index in [1.807, 2.05) is 0 Å². The van der Waals surface area contributed by atoms with Gasteiger partial charge in [0.25, 0.3) is 0 Å². The zero-order valence-corrected chi connectivity index (χ0v) is 27.2. The van der Waals surface area contributed by atoms with E-state index < -0.39 is 0 Å². The Morgan fingerprint density at radius 2 is 1.12 bits per heavy atom. The van der Waals surface area contributed by atoms with Gasteiger partial charge in [0.15, 0.2) is 0 Å². The maximum absolute atomic E-state index is 5.85. The zero-order chi connectivity index (χ0) is 32.1. The van der Waals surface area contributed by atoms with Gasteiger partial charge in [-0.1, -0.05) is 123 Å². The first-order valence-electron chi connectivity index (χ1n) is 16.7. The summed E-state index contributed by atoms with van der Waals surface area (Å²) in [5.74, 6) is 0.902. The van der Waals surface area contributed by atoms with Gasteiger partial charge in [0.05, 0.1) is 18.5 Å². The summed E-state index contributed by atoms with van der Waals surface area (Å²) in [6, 6.07) is 53.7. The number of benzene rings is 9. The first-order chi connectivity index (χ1) is 23.5. The molecule has 0 aliphatic heterocycles. The van der Waals surface area contributed by atoms with Crippen LogP contribution in [0.15, 0.2) is 146 Å². The second-order valence-corrected chi connectivity index (χ2v) is 13.7. The van der Waals surface area contributed by atoms with E-state index in [1.165, 1.54) is 70.7 Å². The van der Waals surface area contributed by atoms with Gasteiger partial charge >= 0.3 is 0 Å². The molecule has 228 valence electrons. The van der Waals surface area contributed by atoms with Crippen molar-refractivity contribution in [3.8, 4) is 16.9 Å². The van der Waals surface area contributed by atoms with Crippen LogP contribution in [0.5, 0.6) is 5.75 Å². The van der Waals surface area contributed by atoms with Crippen molar-refractivity contribution in [3.63, 3.8) is 0 Å². The monoisotopic (exact) mass is 615 g/mol. The SMILES string of the molecule is COc1ccc2ccc3c(N(c4cc5c6c(ccc7cccc(c76)C5(C)C)c4)c4ccccc4-c4ccccc4)ccc4ccc1c2c43. The Balaban J connectivity index is 1.32. The maximum atomic E-state index is 5.85. The van der Waals surface area contributed by atoms with Gasteiger partial charge in [-0.25, -0.2) is 0 Å². The topological polar surface area (TPSA) is 12.5 Å². The Morgan fingerprint density at radius 3 is 1.96 bits per heavy atom. The molecular weight excluding hydrogens is 583 g/mol. The molecule has 1 aliphatic carbocycles. The molecule has 0 N–H and O–H groups in total. The molecule has 0 bridgehead atoms. The molecule has 0 saturated heterocycles. The van der Waals surface area contributed by atoms with Crippen LogP contribution in [0.2, 0.25) is 0 Å². The van der Waals surface area contributed by atoms with Crippen molar-refractivity contribution < 1.29 is 4.74 Å². The molecule has 2 heteroatoms. The number of nitrogens with zero attached hydrogens (tertiary/aromatic N) is 1. The van der Waals surface area contributed by atoms with Crippen molar-refractivity contribution in [1.82, 2.24) is 0 Å². The van der Waals surface area contributed by atoms with Crippen molar-refractivity contribution in [1.29, 1.82) is 0 Å². The van der Waals surface area contributed by atoms with Crippen LogP contribution in [-0.4, -0.2) is 7.11 Å². The van der Waals surface area contributed by atoms with Gasteiger partial charge in [-0.3, -0.25) is 0 Å². The molecule has 48 heavy (non-hydrogen) atoms. The number of anilines is 3. The van der Waals surface area contributed by atoms with Crippen molar-refractivity contribution >= 4 is 70.9 Å². The van der Waals surface area contributed by atoms with Crippen LogP contribution >= 0.6 is 0 Å². The fraction of sp³-hybridized carbons (Fsp3) is 0.0870. The summed E-state index contributed by atoms with van der Waals surface area (Å²) < 4.78 is 5.85. The lowest BCUT2D eigenvalue weighted by Gasteiger charge is -2.31. The van der Waals surface area contributed by atoms with E-state index in [-0.39, 0.29) is 5.41 Å². The van der Waals surface area contributed by atoms with Crippen molar-refractivity contribution in [2.24, 2.45) is 0 Å². The molecule has 0 radical (unpaired) electrons. The Labute approximate surface area is 279 Å². The fourth-order valence-electron chi connectivity index (χ4n) is 8.58. The number of para-hydroxylation sites is 1. The predicted molar refractivity (Wildman–Crippen MR) is 204 cm³/mol. The number of methoxy groups -OCH3 is 1. The Morgan fingerprint density at radius 1 is 0.479 bits per heavy atom. The van der Waals surface area contributed by atoms with E-state index >= 15 is 0 Å². The Kier molecular flexibility index (Phi) is 5.58. The molecule has 0 amide bonds. The van der Waals surface area contributed by atoms with E-state index in [4.69, 9.17) is 4.74 Å². The van der Waals surface area contributed by atoms with Crippen LogP contribution in [-0.2, 0) is 5.41 Å². The fourth-order valence-corrected chi connectivity index (χ4v) is 8.58. The van der Waals surface area contributed by atoms with Crippen molar-refractivity contribution in [2.45, 2.75) is 19.3 Å². The van der Waals surface area contributed by atoms with Crippen molar-refractivity contribution in [3.05, 3.63) is 157 Å². The summed E-state index contributed by atoms with van der Waals surface area (Å²) in [7, 11) is 1.76. The third kappa shape index (κ3) is 3.63. The minimum Gasteiger partial charge on any atom is -0.496 e. The molecule has 9 aromatic carbocycles. The Bertz CT molecular complexity index is 2740. The summed E-state index contributed by atoms with van der Waals surface area (Å²) >= 11 is 0. The third-order valence-corrected chi connectivity index (χ3v) is 10.8. The number of hydrogen-bond acceptors (Lipinski definition) is 2. The van der Waals surface area contributed by atoms with E-state index in [1.54, 1.807) is 7.11 Å². The summed E-state index contributed by atoms with van der Waals surface area (Å²) in [5, 5.41) is 12.7. The molecule has 1 aliphatic rings. The predicted octanol–water partition coefficient (Wildman–Crippen LogP) is 12.7. The van der Waals surface area contributed by atoms with Crippen LogP contribution in [0.1, 0.15) is 25.0 Å². The van der Waals surface area contributed by atoms with E-state index in [2.05, 4.69) is 164 Å². The van der Waals surface area contributed by atoms with Crippen LogP contribution in [0.4, 0.5) is 17.1 Å². The summed E-state index contributed by atoms with van der Waals surface area (Å²) in [5.41, 5.74) is 8.52. The lowest BCUT2D eigenvalue weighted by Crippen LogP contribution is -2.17. The van der Waals surface area contributed by atoms with Crippen molar-refractivity contribution in [2.75, 3.05) is 12.0 Å². The molecule has 0 atom stereocenters. The van der Waals surface area contributed by atoms with E-state index in [9.17, 15) is 0 Å². The molecule has 0 aromatic heterocycles. The highest BCUT2D eigenvalue weighted by Crippen LogP contribution is 2.53.